The molecule has 27 heavy (non-hydrogen) atoms. The number of aromatic nitrogens is 2. The SMILES string of the molecule is COC(=O)c1ccccc1NC(=O)CSc1nc2ccccc2c(=O)n1N. The van der Waals surface area contributed by atoms with Crippen LogP contribution in [0.5, 0.6) is 0 Å². The molecule has 0 unspecified atom stereocenters. The molecule has 3 rings (SSSR count). The zero-order chi connectivity index (χ0) is 19.4. The lowest BCUT2D eigenvalue weighted by atomic mass is 10.2. The van der Waals surface area contributed by atoms with Crippen molar-refractivity contribution in [2.45, 2.75) is 5.16 Å². The molecule has 138 valence electrons. The predicted molar refractivity (Wildman–Crippen MR) is 103 cm³/mol. The van der Waals surface area contributed by atoms with E-state index < -0.39 is 5.97 Å². The molecule has 3 N–H and O–H groups in total. The highest BCUT2D eigenvalue weighted by atomic mass is 32.2. The van der Waals surface area contributed by atoms with Gasteiger partial charge in [-0.25, -0.2) is 14.5 Å². The van der Waals surface area contributed by atoms with E-state index in [-0.39, 0.29) is 27.9 Å². The number of hydrogen-bond donors (Lipinski definition) is 2. The maximum absolute atomic E-state index is 12.3. The fourth-order valence-corrected chi connectivity index (χ4v) is 3.14. The van der Waals surface area contributed by atoms with Crippen LogP contribution in [0.4, 0.5) is 5.69 Å². The monoisotopic (exact) mass is 384 g/mol. The Morgan fingerprint density at radius 2 is 1.89 bits per heavy atom. The lowest BCUT2D eigenvalue weighted by Crippen LogP contribution is -2.30. The first kappa shape index (κ1) is 18.5. The molecule has 0 saturated heterocycles. The van der Waals surface area contributed by atoms with E-state index >= 15 is 0 Å². The van der Waals surface area contributed by atoms with Crippen LogP contribution in [-0.4, -0.2) is 34.4 Å². The van der Waals surface area contributed by atoms with Crippen molar-refractivity contribution in [3.05, 3.63) is 64.4 Å². The van der Waals surface area contributed by atoms with Gasteiger partial charge in [0.1, 0.15) is 0 Å². The van der Waals surface area contributed by atoms with Crippen LogP contribution in [0.2, 0.25) is 0 Å². The van der Waals surface area contributed by atoms with Crippen molar-refractivity contribution in [2.24, 2.45) is 0 Å². The number of rotatable bonds is 5. The highest BCUT2D eigenvalue weighted by molar-refractivity contribution is 7.99. The minimum Gasteiger partial charge on any atom is -0.465 e. The van der Waals surface area contributed by atoms with Gasteiger partial charge in [0.05, 0.1) is 35.0 Å². The van der Waals surface area contributed by atoms with E-state index in [1.165, 1.54) is 7.11 Å². The number of ether oxygens (including phenoxy) is 1. The molecule has 8 nitrogen and oxygen atoms in total. The molecule has 0 spiro atoms. The van der Waals surface area contributed by atoms with Crippen LogP contribution in [0.15, 0.2) is 58.5 Å². The maximum Gasteiger partial charge on any atom is 0.339 e. The van der Waals surface area contributed by atoms with Gasteiger partial charge in [0.25, 0.3) is 5.56 Å². The highest BCUT2D eigenvalue weighted by Gasteiger charge is 2.15. The van der Waals surface area contributed by atoms with E-state index in [2.05, 4.69) is 10.3 Å². The second-order valence-electron chi connectivity index (χ2n) is 5.46. The van der Waals surface area contributed by atoms with Crippen molar-refractivity contribution in [3.8, 4) is 0 Å². The van der Waals surface area contributed by atoms with Gasteiger partial charge in [-0.2, -0.15) is 0 Å². The topological polar surface area (TPSA) is 116 Å². The van der Waals surface area contributed by atoms with Gasteiger partial charge >= 0.3 is 5.97 Å². The van der Waals surface area contributed by atoms with Crippen LogP contribution < -0.4 is 16.7 Å². The molecule has 1 aromatic heterocycles. The van der Waals surface area contributed by atoms with E-state index in [9.17, 15) is 14.4 Å². The number of thioether (sulfide) groups is 1. The molecule has 9 heteroatoms. The average molecular weight is 384 g/mol. The molecule has 0 radical (unpaired) electrons. The smallest absolute Gasteiger partial charge is 0.339 e. The third-order valence-corrected chi connectivity index (χ3v) is 4.67. The number of fused-ring (bicyclic) bond motifs is 1. The zero-order valence-corrected chi connectivity index (χ0v) is 15.2. The number of methoxy groups -OCH3 is 1. The summed E-state index contributed by atoms with van der Waals surface area (Å²) >= 11 is 1.02. The highest BCUT2D eigenvalue weighted by Crippen LogP contribution is 2.19. The number of benzene rings is 2. The van der Waals surface area contributed by atoms with Crippen molar-refractivity contribution in [1.29, 1.82) is 0 Å². The van der Waals surface area contributed by atoms with Gasteiger partial charge in [0, 0.05) is 0 Å². The van der Waals surface area contributed by atoms with E-state index in [0.29, 0.717) is 16.6 Å². The fraction of sp³-hybridized carbons (Fsp3) is 0.111. The molecule has 0 aliphatic heterocycles. The number of nitrogen functional groups attached to an aromatic ring is 1. The van der Waals surface area contributed by atoms with Crippen LogP contribution in [0.3, 0.4) is 0 Å². The summed E-state index contributed by atoms with van der Waals surface area (Å²) in [6.45, 7) is 0. The molecule has 0 saturated carbocycles. The van der Waals surface area contributed by atoms with E-state index in [1.807, 2.05) is 0 Å². The summed E-state index contributed by atoms with van der Waals surface area (Å²) < 4.78 is 5.62. The largest absolute Gasteiger partial charge is 0.465 e. The van der Waals surface area contributed by atoms with Gasteiger partial charge in [-0.15, -0.1) is 0 Å². The molecule has 0 atom stereocenters. The van der Waals surface area contributed by atoms with Crippen LogP contribution in [0.25, 0.3) is 10.9 Å². The summed E-state index contributed by atoms with van der Waals surface area (Å²) in [4.78, 5) is 40.6. The Hall–Kier alpha value is -3.33. The van der Waals surface area contributed by atoms with E-state index in [0.717, 1.165) is 16.4 Å². The zero-order valence-electron chi connectivity index (χ0n) is 14.3. The molecule has 1 amide bonds. The van der Waals surface area contributed by atoms with Crippen LogP contribution in [0, 0.1) is 0 Å². The normalized spacial score (nSPS) is 10.6. The van der Waals surface area contributed by atoms with Crippen molar-refractivity contribution >= 4 is 40.2 Å². The number of carbonyl (C=O) groups excluding carboxylic acids is 2. The number of esters is 1. The van der Waals surface area contributed by atoms with Gasteiger partial charge in [0.2, 0.25) is 5.91 Å². The summed E-state index contributed by atoms with van der Waals surface area (Å²) in [6.07, 6.45) is 0. The van der Waals surface area contributed by atoms with E-state index in [4.69, 9.17) is 10.6 Å². The second-order valence-corrected chi connectivity index (χ2v) is 6.40. The number of nitrogens with two attached hydrogens (primary N) is 1. The third-order valence-electron chi connectivity index (χ3n) is 3.71. The Morgan fingerprint density at radius 1 is 1.19 bits per heavy atom. The summed E-state index contributed by atoms with van der Waals surface area (Å²) in [6, 6.07) is 13.3. The van der Waals surface area contributed by atoms with Gasteiger partial charge < -0.3 is 15.9 Å². The number of para-hydroxylation sites is 2. The standard InChI is InChI=1S/C18H16N4O4S/c1-26-17(25)12-7-3-5-9-14(12)20-15(23)10-27-18-21-13-8-4-2-6-11(13)16(24)22(18)19/h2-9H,10,19H2,1H3,(H,20,23). The molecular formula is C18H16N4O4S. The van der Waals surface area contributed by atoms with Gasteiger partial charge in [-0.1, -0.05) is 36.0 Å². The van der Waals surface area contributed by atoms with Crippen LogP contribution >= 0.6 is 11.8 Å². The molecular weight excluding hydrogens is 368 g/mol. The Morgan fingerprint density at radius 3 is 2.67 bits per heavy atom. The molecule has 0 bridgehead atoms. The number of nitrogens with zero attached hydrogens (tertiary/aromatic N) is 2. The number of carbonyl (C=O) groups is 2. The molecule has 0 aliphatic rings. The van der Waals surface area contributed by atoms with Crippen molar-refractivity contribution in [2.75, 3.05) is 24.0 Å². The first-order valence-corrected chi connectivity index (χ1v) is 8.86. The lowest BCUT2D eigenvalue weighted by Gasteiger charge is -2.10. The molecule has 3 aromatic rings. The number of anilines is 1. The summed E-state index contributed by atoms with van der Waals surface area (Å²) in [5, 5.41) is 3.27. The Bertz CT molecular complexity index is 1080. The van der Waals surface area contributed by atoms with Crippen LogP contribution in [0.1, 0.15) is 10.4 Å². The first-order chi connectivity index (χ1) is 13.0. The maximum atomic E-state index is 12.3. The summed E-state index contributed by atoms with van der Waals surface area (Å²) in [7, 11) is 1.27. The van der Waals surface area contributed by atoms with Crippen molar-refractivity contribution in [3.63, 3.8) is 0 Å². The minimum atomic E-state index is -0.550. The lowest BCUT2D eigenvalue weighted by molar-refractivity contribution is -0.113. The molecule has 0 aliphatic carbocycles. The second kappa shape index (κ2) is 7.92. The van der Waals surface area contributed by atoms with Gasteiger partial charge in [-0.05, 0) is 24.3 Å². The summed E-state index contributed by atoms with van der Waals surface area (Å²) in [5.74, 6) is 4.83. The Labute approximate surface area is 158 Å². The Kier molecular flexibility index (Phi) is 5.41. The Balaban J connectivity index is 1.76. The third kappa shape index (κ3) is 3.93. The fourth-order valence-electron chi connectivity index (χ4n) is 2.42. The van der Waals surface area contributed by atoms with Crippen LogP contribution in [-0.2, 0) is 9.53 Å². The minimum absolute atomic E-state index is 0.0442. The molecule has 2 aromatic carbocycles. The quantitative estimate of drug-likeness (QED) is 0.297. The van der Waals surface area contributed by atoms with Gasteiger partial charge in [-0.3, -0.25) is 9.59 Å². The summed E-state index contributed by atoms with van der Waals surface area (Å²) in [5.41, 5.74) is 0.701. The number of nitrogens with one attached hydrogen (secondary N) is 1. The van der Waals surface area contributed by atoms with E-state index in [1.54, 1.807) is 48.5 Å². The predicted octanol–water partition coefficient (Wildman–Crippen LogP) is 1.63. The average Bonchev–Trinajstić information content (AvgIpc) is 2.69. The van der Waals surface area contributed by atoms with Gasteiger partial charge in [0.15, 0.2) is 5.16 Å². The molecule has 0 fully saturated rings. The van der Waals surface area contributed by atoms with Crippen molar-refractivity contribution < 1.29 is 14.3 Å². The number of hydrogen-bond acceptors (Lipinski definition) is 7. The van der Waals surface area contributed by atoms with Crippen molar-refractivity contribution in [1.82, 2.24) is 9.66 Å². The first-order valence-electron chi connectivity index (χ1n) is 7.88. The number of amides is 1. The molecule has 1 heterocycles.